The first-order valence-electron chi connectivity index (χ1n) is 6.29. The van der Waals surface area contributed by atoms with E-state index >= 15 is 0 Å². The lowest BCUT2D eigenvalue weighted by molar-refractivity contribution is -0.281. The largest absolute Gasteiger partial charge is 0.462 e. The zero-order valence-corrected chi connectivity index (χ0v) is 10.8. The van der Waals surface area contributed by atoms with Crippen molar-refractivity contribution in [3.05, 3.63) is 18.0 Å². The number of esters is 1. The van der Waals surface area contributed by atoms with E-state index < -0.39 is 5.97 Å². The molecule has 19 heavy (non-hydrogen) atoms. The molecule has 0 aromatic carbocycles. The number of ether oxygens (including phenoxy) is 1. The third-order valence-electron chi connectivity index (χ3n) is 3.02. The van der Waals surface area contributed by atoms with Gasteiger partial charge < -0.3 is 9.64 Å². The molecule has 1 aliphatic heterocycles. The van der Waals surface area contributed by atoms with Gasteiger partial charge in [-0.3, -0.25) is 5.26 Å². The fourth-order valence-corrected chi connectivity index (χ4v) is 1.97. The minimum Gasteiger partial charge on any atom is -0.462 e. The normalized spacial score (nSPS) is 16.4. The molecule has 1 saturated heterocycles. The lowest BCUT2D eigenvalue weighted by Crippen LogP contribution is -2.37. The molecular formula is C12H17N3O4. The van der Waals surface area contributed by atoms with Crippen LogP contribution in [0.1, 0.15) is 30.1 Å². The van der Waals surface area contributed by atoms with Crippen molar-refractivity contribution < 1.29 is 19.7 Å². The van der Waals surface area contributed by atoms with E-state index in [0.29, 0.717) is 31.2 Å². The summed E-state index contributed by atoms with van der Waals surface area (Å²) in [7, 11) is 0. The summed E-state index contributed by atoms with van der Waals surface area (Å²) in [6.07, 6.45) is 4.26. The Hall–Kier alpha value is -1.73. The van der Waals surface area contributed by atoms with Gasteiger partial charge >= 0.3 is 5.97 Å². The molecule has 1 aromatic heterocycles. The van der Waals surface area contributed by atoms with Crippen molar-refractivity contribution in [1.29, 1.82) is 0 Å². The van der Waals surface area contributed by atoms with Crippen LogP contribution >= 0.6 is 0 Å². The maximum absolute atomic E-state index is 11.5. The Bertz CT molecular complexity index is 415. The molecule has 104 valence electrons. The van der Waals surface area contributed by atoms with Gasteiger partial charge in [0.2, 0.25) is 5.95 Å². The Labute approximate surface area is 111 Å². The standard InChI is InChI=1S/C12H17N3O4/c1-2-18-11(16)9-7-13-12(14-8-9)15-5-3-10(19-17)4-6-15/h7-8,10,17H,2-6H2,1H3. The Morgan fingerprint density at radius 1 is 1.42 bits per heavy atom. The van der Waals surface area contributed by atoms with Crippen molar-refractivity contribution in [1.82, 2.24) is 9.97 Å². The van der Waals surface area contributed by atoms with Crippen LogP contribution in [0.15, 0.2) is 12.4 Å². The van der Waals surface area contributed by atoms with Gasteiger partial charge in [-0.25, -0.2) is 19.7 Å². The van der Waals surface area contributed by atoms with Gasteiger partial charge in [0.15, 0.2) is 0 Å². The van der Waals surface area contributed by atoms with Gasteiger partial charge in [0.05, 0.1) is 18.3 Å². The van der Waals surface area contributed by atoms with Crippen molar-refractivity contribution in [2.75, 3.05) is 24.6 Å². The number of aromatic nitrogens is 2. The Kier molecular flexibility index (Phi) is 4.64. The number of hydrogen-bond acceptors (Lipinski definition) is 7. The van der Waals surface area contributed by atoms with Crippen LogP contribution in [0.25, 0.3) is 0 Å². The quantitative estimate of drug-likeness (QED) is 0.497. The van der Waals surface area contributed by atoms with Crippen LogP contribution in [0.4, 0.5) is 5.95 Å². The first kappa shape index (κ1) is 13.7. The molecule has 1 aromatic rings. The van der Waals surface area contributed by atoms with Crippen LogP contribution in [0, 0.1) is 0 Å². The van der Waals surface area contributed by atoms with Crippen LogP contribution in [0.5, 0.6) is 0 Å². The smallest absolute Gasteiger partial charge is 0.341 e. The summed E-state index contributed by atoms with van der Waals surface area (Å²) < 4.78 is 4.87. The molecule has 0 unspecified atom stereocenters. The molecular weight excluding hydrogens is 250 g/mol. The Morgan fingerprint density at radius 2 is 2.05 bits per heavy atom. The van der Waals surface area contributed by atoms with E-state index in [4.69, 9.17) is 9.99 Å². The number of hydrogen-bond donors (Lipinski definition) is 1. The zero-order valence-electron chi connectivity index (χ0n) is 10.8. The SMILES string of the molecule is CCOC(=O)c1cnc(N2CCC(OO)CC2)nc1. The fourth-order valence-electron chi connectivity index (χ4n) is 1.97. The van der Waals surface area contributed by atoms with E-state index in [1.165, 1.54) is 12.4 Å². The molecule has 2 heterocycles. The van der Waals surface area contributed by atoms with Gasteiger partial charge in [0.1, 0.15) is 0 Å². The zero-order chi connectivity index (χ0) is 13.7. The predicted octanol–water partition coefficient (Wildman–Crippen LogP) is 1.11. The van der Waals surface area contributed by atoms with E-state index in [9.17, 15) is 4.79 Å². The molecule has 0 atom stereocenters. The number of anilines is 1. The molecule has 7 heteroatoms. The number of piperidine rings is 1. The summed E-state index contributed by atoms with van der Waals surface area (Å²) >= 11 is 0. The second-order valence-corrected chi connectivity index (χ2v) is 4.28. The first-order chi connectivity index (χ1) is 9.24. The lowest BCUT2D eigenvalue weighted by atomic mass is 10.1. The Morgan fingerprint density at radius 3 is 2.58 bits per heavy atom. The van der Waals surface area contributed by atoms with Gasteiger partial charge in [0.25, 0.3) is 0 Å². The van der Waals surface area contributed by atoms with Crippen molar-refractivity contribution >= 4 is 11.9 Å². The topological polar surface area (TPSA) is 84.8 Å². The van der Waals surface area contributed by atoms with E-state index in [-0.39, 0.29) is 6.10 Å². The van der Waals surface area contributed by atoms with Gasteiger partial charge in [-0.2, -0.15) is 0 Å². The highest BCUT2D eigenvalue weighted by molar-refractivity contribution is 5.88. The summed E-state index contributed by atoms with van der Waals surface area (Å²) in [5.41, 5.74) is 0.346. The molecule has 2 rings (SSSR count). The summed E-state index contributed by atoms with van der Waals surface area (Å²) in [4.78, 5) is 26.1. The maximum Gasteiger partial charge on any atom is 0.341 e. The highest BCUT2D eigenvalue weighted by Gasteiger charge is 2.21. The van der Waals surface area contributed by atoms with Crippen LogP contribution in [-0.2, 0) is 9.62 Å². The Balaban J connectivity index is 1.97. The van der Waals surface area contributed by atoms with Crippen LogP contribution in [0.2, 0.25) is 0 Å². The van der Waals surface area contributed by atoms with Gasteiger partial charge in [0, 0.05) is 25.5 Å². The molecule has 0 bridgehead atoms. The first-order valence-corrected chi connectivity index (χ1v) is 6.29. The summed E-state index contributed by atoms with van der Waals surface area (Å²) in [5.74, 6) is 0.158. The van der Waals surface area contributed by atoms with Crippen LogP contribution < -0.4 is 4.90 Å². The van der Waals surface area contributed by atoms with Gasteiger partial charge in [-0.15, -0.1) is 0 Å². The molecule has 0 aliphatic carbocycles. The van der Waals surface area contributed by atoms with E-state index in [1.54, 1.807) is 6.92 Å². The second kappa shape index (κ2) is 6.44. The molecule has 7 nitrogen and oxygen atoms in total. The van der Waals surface area contributed by atoms with E-state index in [0.717, 1.165) is 12.8 Å². The average Bonchev–Trinajstić information content (AvgIpc) is 2.48. The van der Waals surface area contributed by atoms with Crippen LogP contribution in [-0.4, -0.2) is 47.0 Å². The highest BCUT2D eigenvalue weighted by Crippen LogP contribution is 2.17. The molecule has 0 radical (unpaired) electrons. The average molecular weight is 267 g/mol. The summed E-state index contributed by atoms with van der Waals surface area (Å²) in [6.45, 7) is 3.50. The lowest BCUT2D eigenvalue weighted by Gasteiger charge is -2.30. The molecule has 0 spiro atoms. The minimum absolute atomic E-state index is 0.116. The molecule has 1 fully saturated rings. The second-order valence-electron chi connectivity index (χ2n) is 4.28. The van der Waals surface area contributed by atoms with Gasteiger partial charge in [-0.1, -0.05) is 0 Å². The molecule has 1 aliphatic rings. The van der Waals surface area contributed by atoms with Gasteiger partial charge in [-0.05, 0) is 19.8 Å². The highest BCUT2D eigenvalue weighted by atomic mass is 17.1. The molecule has 0 saturated carbocycles. The van der Waals surface area contributed by atoms with Crippen molar-refractivity contribution in [3.8, 4) is 0 Å². The number of carbonyl (C=O) groups excluding carboxylic acids is 1. The maximum atomic E-state index is 11.5. The minimum atomic E-state index is -0.415. The predicted molar refractivity (Wildman–Crippen MR) is 66.9 cm³/mol. The van der Waals surface area contributed by atoms with Crippen molar-refractivity contribution in [3.63, 3.8) is 0 Å². The monoisotopic (exact) mass is 267 g/mol. The van der Waals surface area contributed by atoms with Crippen molar-refractivity contribution in [2.24, 2.45) is 0 Å². The number of nitrogens with zero attached hydrogens (tertiary/aromatic N) is 3. The van der Waals surface area contributed by atoms with Crippen molar-refractivity contribution in [2.45, 2.75) is 25.9 Å². The molecule has 1 N–H and O–H groups in total. The number of rotatable bonds is 4. The summed E-state index contributed by atoms with van der Waals surface area (Å²) in [6, 6.07) is 0. The summed E-state index contributed by atoms with van der Waals surface area (Å²) in [5, 5.41) is 8.59. The van der Waals surface area contributed by atoms with E-state index in [1.807, 2.05) is 4.90 Å². The van der Waals surface area contributed by atoms with Crippen LogP contribution in [0.3, 0.4) is 0 Å². The third-order valence-corrected chi connectivity index (χ3v) is 3.02. The number of carbonyl (C=O) groups is 1. The third kappa shape index (κ3) is 3.39. The molecule has 0 amide bonds. The fraction of sp³-hybridized carbons (Fsp3) is 0.583. The van der Waals surface area contributed by atoms with E-state index in [2.05, 4.69) is 14.9 Å².